The van der Waals surface area contributed by atoms with Gasteiger partial charge < -0.3 is 20.0 Å². The molecule has 0 aliphatic heterocycles. The number of amides is 1. The summed E-state index contributed by atoms with van der Waals surface area (Å²) in [6.45, 7) is 5.86. The maximum atomic E-state index is 11.3. The lowest BCUT2D eigenvalue weighted by Crippen LogP contribution is -2.23. The van der Waals surface area contributed by atoms with E-state index in [-0.39, 0.29) is 18.2 Å². The quantitative estimate of drug-likeness (QED) is 0.403. The Morgan fingerprint density at radius 2 is 1.65 bits per heavy atom. The second-order valence-electron chi connectivity index (χ2n) is 6.80. The Labute approximate surface area is 156 Å². The Morgan fingerprint density at radius 1 is 1.04 bits per heavy atom. The van der Waals surface area contributed by atoms with Crippen LogP contribution in [0.25, 0.3) is 0 Å². The van der Waals surface area contributed by atoms with E-state index in [1.165, 1.54) is 0 Å². The molecule has 0 heterocycles. The minimum Gasteiger partial charge on any atom is -0.460 e. The Balaban J connectivity index is 0.000000502. The summed E-state index contributed by atoms with van der Waals surface area (Å²) < 4.78 is 9.74. The molecule has 6 nitrogen and oxygen atoms in total. The van der Waals surface area contributed by atoms with Crippen LogP contribution >= 0.6 is 0 Å². The van der Waals surface area contributed by atoms with E-state index in [1.54, 1.807) is 0 Å². The highest BCUT2D eigenvalue weighted by Crippen LogP contribution is 2.11. The van der Waals surface area contributed by atoms with Crippen LogP contribution in [-0.4, -0.2) is 23.9 Å². The molecule has 0 saturated heterocycles. The Bertz CT molecular complexity index is 523. The fourth-order valence-corrected chi connectivity index (χ4v) is 1.97. The highest BCUT2D eigenvalue weighted by Gasteiger charge is 2.15. The number of ether oxygens (including phenoxy) is 2. The number of aldehydes is 1. The van der Waals surface area contributed by atoms with Crippen molar-refractivity contribution in [1.29, 1.82) is 0 Å². The third-order valence-electron chi connectivity index (χ3n) is 3.10. The third-order valence-corrected chi connectivity index (χ3v) is 3.10. The van der Waals surface area contributed by atoms with Gasteiger partial charge in [0.05, 0.1) is 0 Å². The summed E-state index contributed by atoms with van der Waals surface area (Å²) >= 11 is 0. The lowest BCUT2D eigenvalue weighted by atomic mass is 10.1. The first-order chi connectivity index (χ1) is 12.2. The average Bonchev–Trinajstić information content (AvgIpc) is 2.56. The molecule has 1 aromatic rings. The number of carbonyl (C=O) groups is 3. The number of nitrogens with two attached hydrogens (primary N) is 1. The van der Waals surface area contributed by atoms with Crippen molar-refractivity contribution >= 4 is 18.3 Å². The van der Waals surface area contributed by atoms with E-state index in [2.05, 4.69) is 4.74 Å². The summed E-state index contributed by atoms with van der Waals surface area (Å²) in [6, 6.07) is 9.37. The van der Waals surface area contributed by atoms with Gasteiger partial charge in [0.1, 0.15) is 18.5 Å². The first-order valence-electron chi connectivity index (χ1n) is 8.86. The molecule has 0 aliphatic carbocycles. The smallest absolute Gasteiger partial charge is 0.404 e. The zero-order chi connectivity index (χ0) is 19.8. The normalized spacial score (nSPS) is 10.3. The molecule has 0 radical (unpaired) electrons. The van der Waals surface area contributed by atoms with Crippen molar-refractivity contribution in [1.82, 2.24) is 0 Å². The summed E-state index contributed by atoms with van der Waals surface area (Å²) in [7, 11) is 0. The van der Waals surface area contributed by atoms with Crippen LogP contribution in [0.2, 0.25) is 0 Å². The average molecular weight is 365 g/mol. The summed E-state index contributed by atoms with van der Waals surface area (Å²) in [6.07, 6.45) is 5.10. The number of hydrogen-bond donors (Lipinski definition) is 1. The van der Waals surface area contributed by atoms with Crippen molar-refractivity contribution in [2.75, 3.05) is 0 Å². The molecular weight excluding hydrogens is 334 g/mol. The Hall–Kier alpha value is -2.37. The van der Waals surface area contributed by atoms with Gasteiger partial charge in [0.15, 0.2) is 0 Å². The van der Waals surface area contributed by atoms with Crippen LogP contribution in [0.5, 0.6) is 0 Å². The van der Waals surface area contributed by atoms with E-state index in [1.807, 2.05) is 51.1 Å². The standard InChI is InChI=1S/C12H22O3.C8H9NO2/c1-12(2,3)15-11(14)9-7-5-4-6-8-10-13;9-8(10)11-6-7-4-2-1-3-5-7/h10H,4-9H2,1-3H3;1-5H,6H2,(H2,9,10). The largest absolute Gasteiger partial charge is 0.460 e. The molecule has 2 N–H and O–H groups in total. The zero-order valence-corrected chi connectivity index (χ0v) is 16.0. The van der Waals surface area contributed by atoms with E-state index in [9.17, 15) is 14.4 Å². The lowest BCUT2D eigenvalue weighted by Gasteiger charge is -2.19. The molecule has 1 rings (SSSR count). The number of rotatable bonds is 9. The number of esters is 1. The molecule has 1 aromatic carbocycles. The van der Waals surface area contributed by atoms with Crippen molar-refractivity contribution in [2.45, 2.75) is 71.5 Å². The molecule has 0 unspecified atom stereocenters. The van der Waals surface area contributed by atoms with Gasteiger partial charge in [-0.3, -0.25) is 4.79 Å². The van der Waals surface area contributed by atoms with Crippen molar-refractivity contribution in [3.63, 3.8) is 0 Å². The summed E-state index contributed by atoms with van der Waals surface area (Å²) in [5, 5.41) is 0. The molecule has 6 heteroatoms. The molecule has 0 atom stereocenters. The monoisotopic (exact) mass is 365 g/mol. The van der Waals surface area contributed by atoms with Crippen LogP contribution in [0, 0.1) is 0 Å². The topological polar surface area (TPSA) is 95.7 Å². The van der Waals surface area contributed by atoms with Gasteiger partial charge in [-0.2, -0.15) is 0 Å². The SMILES string of the molecule is CC(C)(C)OC(=O)CCCCCCC=O.NC(=O)OCc1ccccc1. The molecule has 0 aromatic heterocycles. The van der Waals surface area contributed by atoms with Gasteiger partial charge in [-0.1, -0.05) is 43.2 Å². The Morgan fingerprint density at radius 3 is 2.19 bits per heavy atom. The van der Waals surface area contributed by atoms with Crippen LogP contribution in [-0.2, 0) is 25.7 Å². The van der Waals surface area contributed by atoms with Crippen molar-refractivity contribution in [3.8, 4) is 0 Å². The molecule has 146 valence electrons. The van der Waals surface area contributed by atoms with Gasteiger partial charge in [0, 0.05) is 12.8 Å². The van der Waals surface area contributed by atoms with Crippen molar-refractivity contribution in [3.05, 3.63) is 35.9 Å². The number of benzene rings is 1. The highest BCUT2D eigenvalue weighted by atomic mass is 16.6. The molecule has 0 saturated carbocycles. The molecule has 0 spiro atoms. The first kappa shape index (κ1) is 23.6. The van der Waals surface area contributed by atoms with E-state index in [0.29, 0.717) is 12.8 Å². The number of hydrogen-bond acceptors (Lipinski definition) is 5. The molecule has 1 amide bonds. The molecule has 26 heavy (non-hydrogen) atoms. The van der Waals surface area contributed by atoms with E-state index in [0.717, 1.165) is 37.5 Å². The minimum absolute atomic E-state index is 0.127. The first-order valence-corrected chi connectivity index (χ1v) is 8.86. The predicted molar refractivity (Wildman–Crippen MR) is 100 cm³/mol. The maximum absolute atomic E-state index is 11.3. The number of primary amides is 1. The zero-order valence-electron chi connectivity index (χ0n) is 16.0. The van der Waals surface area contributed by atoms with Crippen LogP contribution in [0.3, 0.4) is 0 Å². The second kappa shape index (κ2) is 13.9. The van der Waals surface area contributed by atoms with Crippen LogP contribution in [0.1, 0.15) is 64.9 Å². The van der Waals surface area contributed by atoms with Gasteiger partial charge in [-0.25, -0.2) is 4.79 Å². The van der Waals surface area contributed by atoms with Crippen molar-refractivity contribution in [2.24, 2.45) is 5.73 Å². The van der Waals surface area contributed by atoms with Crippen LogP contribution < -0.4 is 5.73 Å². The van der Waals surface area contributed by atoms with Gasteiger partial charge in [0.25, 0.3) is 0 Å². The third kappa shape index (κ3) is 16.5. The van der Waals surface area contributed by atoms with E-state index >= 15 is 0 Å². The molecule has 0 fully saturated rings. The lowest BCUT2D eigenvalue weighted by molar-refractivity contribution is -0.154. The predicted octanol–water partition coefficient (Wildman–Crippen LogP) is 4.15. The van der Waals surface area contributed by atoms with Crippen LogP contribution in [0.15, 0.2) is 30.3 Å². The van der Waals surface area contributed by atoms with E-state index < -0.39 is 6.09 Å². The van der Waals surface area contributed by atoms with Gasteiger partial charge in [-0.05, 0) is 39.2 Å². The number of carbonyl (C=O) groups excluding carboxylic acids is 3. The fraction of sp³-hybridized carbons (Fsp3) is 0.550. The van der Waals surface area contributed by atoms with Gasteiger partial charge in [0.2, 0.25) is 0 Å². The highest BCUT2D eigenvalue weighted by molar-refractivity contribution is 5.69. The van der Waals surface area contributed by atoms with Crippen molar-refractivity contribution < 1.29 is 23.9 Å². The number of unbranched alkanes of at least 4 members (excludes halogenated alkanes) is 4. The van der Waals surface area contributed by atoms with Gasteiger partial charge >= 0.3 is 12.1 Å². The fourth-order valence-electron chi connectivity index (χ4n) is 1.97. The van der Waals surface area contributed by atoms with Gasteiger partial charge in [-0.15, -0.1) is 0 Å². The molecule has 0 aliphatic rings. The van der Waals surface area contributed by atoms with Crippen LogP contribution in [0.4, 0.5) is 4.79 Å². The summed E-state index contributed by atoms with van der Waals surface area (Å²) in [5.74, 6) is -0.127. The maximum Gasteiger partial charge on any atom is 0.404 e. The summed E-state index contributed by atoms with van der Waals surface area (Å²) in [4.78, 5) is 31.5. The molecule has 0 bridgehead atoms. The molecular formula is C20H31NO5. The Kier molecular flexibility index (Phi) is 12.6. The minimum atomic E-state index is -0.742. The van der Waals surface area contributed by atoms with E-state index in [4.69, 9.17) is 10.5 Å². The second-order valence-corrected chi connectivity index (χ2v) is 6.80. The summed E-state index contributed by atoms with van der Waals surface area (Å²) in [5.41, 5.74) is 5.34.